The van der Waals surface area contributed by atoms with E-state index in [4.69, 9.17) is 4.74 Å². The van der Waals surface area contributed by atoms with Crippen LogP contribution < -0.4 is 5.32 Å². The number of ether oxygens (including phenoxy) is 1. The van der Waals surface area contributed by atoms with E-state index in [2.05, 4.69) is 15.3 Å². The van der Waals surface area contributed by atoms with E-state index < -0.39 is 0 Å². The maximum absolute atomic E-state index is 5.04. The van der Waals surface area contributed by atoms with Gasteiger partial charge in [-0.2, -0.15) is 0 Å². The molecular formula is C14H23N3O. The molecule has 4 nitrogen and oxygen atoms in total. The topological polar surface area (TPSA) is 47.0 Å². The Balaban J connectivity index is 1.79. The van der Waals surface area contributed by atoms with E-state index in [0.717, 1.165) is 38.2 Å². The summed E-state index contributed by atoms with van der Waals surface area (Å²) in [5.41, 5.74) is 2.60. The predicted octanol–water partition coefficient (Wildman–Crippen LogP) is 2.58. The molecule has 0 saturated heterocycles. The Hall–Kier alpha value is -1.16. The van der Waals surface area contributed by atoms with Crippen molar-refractivity contribution in [2.45, 2.75) is 44.9 Å². The average Bonchev–Trinajstić information content (AvgIpc) is 2.43. The van der Waals surface area contributed by atoms with Crippen molar-refractivity contribution in [1.82, 2.24) is 9.97 Å². The number of nitrogens with one attached hydrogen (secondary N) is 1. The van der Waals surface area contributed by atoms with Crippen LogP contribution in [0, 0.1) is 0 Å². The molecule has 1 heterocycles. The summed E-state index contributed by atoms with van der Waals surface area (Å²) in [5, 5.41) is 3.46. The van der Waals surface area contributed by atoms with Crippen LogP contribution in [0.4, 0.5) is 5.82 Å². The van der Waals surface area contributed by atoms with Gasteiger partial charge in [-0.15, -0.1) is 0 Å². The molecule has 0 saturated carbocycles. The summed E-state index contributed by atoms with van der Waals surface area (Å²) in [4.78, 5) is 8.76. The standard InChI is InChI=1S/C14H23N3O/c1-18-10-6-2-5-9-15-14-12-7-3-4-8-13(12)16-11-17-14/h11H,2-10H2,1H3,(H,15,16,17). The van der Waals surface area contributed by atoms with Crippen molar-refractivity contribution in [3.8, 4) is 0 Å². The van der Waals surface area contributed by atoms with Crippen molar-refractivity contribution < 1.29 is 4.74 Å². The Kier molecular flexibility index (Phi) is 5.39. The highest BCUT2D eigenvalue weighted by Crippen LogP contribution is 2.24. The molecule has 100 valence electrons. The molecule has 0 unspecified atom stereocenters. The molecule has 18 heavy (non-hydrogen) atoms. The molecule has 1 N–H and O–H groups in total. The summed E-state index contributed by atoms with van der Waals surface area (Å²) in [6.45, 7) is 1.86. The number of unbranched alkanes of at least 4 members (excludes halogenated alkanes) is 2. The summed E-state index contributed by atoms with van der Waals surface area (Å²) < 4.78 is 5.04. The molecule has 1 aromatic heterocycles. The van der Waals surface area contributed by atoms with Crippen LogP contribution in [-0.2, 0) is 17.6 Å². The van der Waals surface area contributed by atoms with Gasteiger partial charge < -0.3 is 10.1 Å². The maximum atomic E-state index is 5.04. The van der Waals surface area contributed by atoms with Gasteiger partial charge in [0, 0.05) is 31.5 Å². The van der Waals surface area contributed by atoms with Crippen molar-refractivity contribution >= 4 is 5.82 Å². The lowest BCUT2D eigenvalue weighted by Gasteiger charge is -2.17. The molecular weight excluding hydrogens is 226 g/mol. The maximum Gasteiger partial charge on any atom is 0.132 e. The van der Waals surface area contributed by atoms with Crippen LogP contribution in [0.15, 0.2) is 6.33 Å². The van der Waals surface area contributed by atoms with Crippen molar-refractivity contribution in [3.63, 3.8) is 0 Å². The van der Waals surface area contributed by atoms with Crippen molar-refractivity contribution in [2.24, 2.45) is 0 Å². The smallest absolute Gasteiger partial charge is 0.132 e. The molecule has 0 aliphatic heterocycles. The van der Waals surface area contributed by atoms with Gasteiger partial charge in [-0.05, 0) is 44.9 Å². The third kappa shape index (κ3) is 3.67. The number of hydrogen-bond acceptors (Lipinski definition) is 4. The van der Waals surface area contributed by atoms with Crippen molar-refractivity contribution in [3.05, 3.63) is 17.6 Å². The predicted molar refractivity (Wildman–Crippen MR) is 72.9 cm³/mol. The van der Waals surface area contributed by atoms with Crippen molar-refractivity contribution in [2.75, 3.05) is 25.6 Å². The Morgan fingerprint density at radius 1 is 1.17 bits per heavy atom. The largest absolute Gasteiger partial charge is 0.385 e. The number of anilines is 1. The zero-order chi connectivity index (χ0) is 12.6. The molecule has 1 aliphatic rings. The fourth-order valence-electron chi connectivity index (χ4n) is 2.43. The van der Waals surface area contributed by atoms with Gasteiger partial charge in [0.2, 0.25) is 0 Å². The molecule has 0 amide bonds. The van der Waals surface area contributed by atoms with Crippen molar-refractivity contribution in [1.29, 1.82) is 0 Å². The second-order valence-electron chi connectivity index (χ2n) is 4.83. The number of hydrogen-bond donors (Lipinski definition) is 1. The van der Waals surface area contributed by atoms with Crippen LogP contribution in [0.25, 0.3) is 0 Å². The van der Waals surface area contributed by atoms with E-state index in [1.807, 2.05) is 0 Å². The molecule has 1 aliphatic carbocycles. The van der Waals surface area contributed by atoms with Gasteiger partial charge in [0.15, 0.2) is 0 Å². The summed E-state index contributed by atoms with van der Waals surface area (Å²) >= 11 is 0. The van der Waals surface area contributed by atoms with Crippen LogP contribution in [0.1, 0.15) is 43.4 Å². The zero-order valence-corrected chi connectivity index (χ0v) is 11.2. The fourth-order valence-corrected chi connectivity index (χ4v) is 2.43. The lowest BCUT2D eigenvalue weighted by atomic mass is 9.96. The Morgan fingerprint density at radius 3 is 2.94 bits per heavy atom. The summed E-state index contributed by atoms with van der Waals surface area (Å²) in [7, 11) is 1.76. The van der Waals surface area contributed by atoms with E-state index in [1.165, 1.54) is 36.9 Å². The average molecular weight is 249 g/mol. The zero-order valence-electron chi connectivity index (χ0n) is 11.2. The molecule has 0 spiro atoms. The first-order valence-electron chi connectivity index (χ1n) is 6.97. The minimum absolute atomic E-state index is 0.864. The van der Waals surface area contributed by atoms with E-state index in [-0.39, 0.29) is 0 Å². The lowest BCUT2D eigenvalue weighted by molar-refractivity contribution is 0.192. The lowest BCUT2D eigenvalue weighted by Crippen LogP contribution is -2.12. The Labute approximate surface area is 109 Å². The van der Waals surface area contributed by atoms with Gasteiger partial charge in [0.25, 0.3) is 0 Å². The third-order valence-electron chi connectivity index (χ3n) is 3.44. The first-order valence-corrected chi connectivity index (χ1v) is 6.97. The summed E-state index contributed by atoms with van der Waals surface area (Å²) in [5.74, 6) is 1.06. The van der Waals surface area contributed by atoms with Gasteiger partial charge in [-0.25, -0.2) is 9.97 Å². The second-order valence-corrected chi connectivity index (χ2v) is 4.83. The molecule has 0 fully saturated rings. The third-order valence-corrected chi connectivity index (χ3v) is 3.44. The van der Waals surface area contributed by atoms with Gasteiger partial charge in [0.1, 0.15) is 12.1 Å². The monoisotopic (exact) mass is 249 g/mol. The first-order chi connectivity index (χ1) is 8.92. The fraction of sp³-hybridized carbons (Fsp3) is 0.714. The van der Waals surface area contributed by atoms with E-state index in [9.17, 15) is 0 Å². The number of nitrogens with zero attached hydrogens (tertiary/aromatic N) is 2. The molecule has 1 aromatic rings. The molecule has 0 radical (unpaired) electrons. The van der Waals surface area contributed by atoms with Gasteiger partial charge >= 0.3 is 0 Å². The molecule has 0 aromatic carbocycles. The minimum atomic E-state index is 0.864. The van der Waals surface area contributed by atoms with Gasteiger partial charge in [-0.1, -0.05) is 0 Å². The van der Waals surface area contributed by atoms with E-state index in [1.54, 1.807) is 13.4 Å². The normalized spacial score (nSPS) is 14.3. The Bertz CT molecular complexity index is 368. The number of rotatable bonds is 7. The van der Waals surface area contributed by atoms with Crippen LogP contribution in [0.2, 0.25) is 0 Å². The number of methoxy groups -OCH3 is 1. The van der Waals surface area contributed by atoms with Crippen LogP contribution >= 0.6 is 0 Å². The first kappa shape index (κ1) is 13.3. The van der Waals surface area contributed by atoms with Crippen LogP contribution in [-0.4, -0.2) is 30.2 Å². The molecule has 2 rings (SSSR count). The summed E-state index contributed by atoms with van der Waals surface area (Å²) in [6.07, 6.45) is 9.97. The van der Waals surface area contributed by atoms with Gasteiger partial charge in [-0.3, -0.25) is 0 Å². The van der Waals surface area contributed by atoms with Crippen LogP contribution in [0.3, 0.4) is 0 Å². The summed E-state index contributed by atoms with van der Waals surface area (Å²) in [6, 6.07) is 0. The minimum Gasteiger partial charge on any atom is -0.385 e. The highest BCUT2D eigenvalue weighted by Gasteiger charge is 2.14. The number of aromatic nitrogens is 2. The highest BCUT2D eigenvalue weighted by molar-refractivity contribution is 5.46. The van der Waals surface area contributed by atoms with E-state index >= 15 is 0 Å². The molecule has 0 bridgehead atoms. The quantitative estimate of drug-likeness (QED) is 0.754. The number of aryl methyl sites for hydroxylation is 1. The van der Waals surface area contributed by atoms with E-state index in [0.29, 0.717) is 0 Å². The second kappa shape index (κ2) is 7.31. The SMILES string of the molecule is COCCCCCNc1ncnc2c1CCCC2. The highest BCUT2D eigenvalue weighted by atomic mass is 16.5. The number of fused-ring (bicyclic) bond motifs is 1. The molecule has 0 atom stereocenters. The Morgan fingerprint density at radius 2 is 2.06 bits per heavy atom. The molecule has 4 heteroatoms. The van der Waals surface area contributed by atoms with Gasteiger partial charge in [0.05, 0.1) is 0 Å². The van der Waals surface area contributed by atoms with Crippen LogP contribution in [0.5, 0.6) is 0 Å².